The van der Waals surface area contributed by atoms with Crippen LogP contribution in [0.25, 0.3) is 0 Å². The Morgan fingerprint density at radius 1 is 1.50 bits per heavy atom. The van der Waals surface area contributed by atoms with Crippen molar-refractivity contribution < 1.29 is 24.4 Å². The first kappa shape index (κ1) is 13.3. The summed E-state index contributed by atoms with van der Waals surface area (Å²) in [5, 5.41) is 16.9. The van der Waals surface area contributed by atoms with Gasteiger partial charge in [0, 0.05) is 0 Å². The molecule has 2 rings (SSSR count). The third kappa shape index (κ3) is 2.68. The molecule has 1 aliphatic heterocycles. The van der Waals surface area contributed by atoms with Gasteiger partial charge in [-0.05, 0) is 6.07 Å². The molecule has 0 radical (unpaired) electrons. The summed E-state index contributed by atoms with van der Waals surface area (Å²) in [5.74, 6) is -0.769. The van der Waals surface area contributed by atoms with Crippen molar-refractivity contribution in [2.24, 2.45) is 5.10 Å². The molecule has 3 N–H and O–H groups in total. The Hall–Kier alpha value is -2.75. The van der Waals surface area contributed by atoms with Gasteiger partial charge in [-0.15, -0.1) is 0 Å². The van der Waals surface area contributed by atoms with Gasteiger partial charge in [0.2, 0.25) is 5.91 Å². The Kier molecular flexibility index (Phi) is 3.74. The molecular weight excluding hydrogens is 248 g/mol. The van der Waals surface area contributed by atoms with Gasteiger partial charge in [-0.25, -0.2) is 9.80 Å². The van der Waals surface area contributed by atoms with E-state index in [0.29, 0.717) is 0 Å². The lowest BCUT2D eigenvalue weighted by Gasteiger charge is -2.02. The molecule has 1 aromatic rings. The highest BCUT2D eigenvalue weighted by Crippen LogP contribution is 2.14. The van der Waals surface area contributed by atoms with E-state index in [-0.39, 0.29) is 17.8 Å². The SMILES string of the molecule is O.O=C1CN(/N=C/c2ccc([N+](=O)[O-])o2)C(=O)N1. The number of furan rings is 1. The van der Waals surface area contributed by atoms with Crippen LogP contribution in [0.15, 0.2) is 21.7 Å². The van der Waals surface area contributed by atoms with E-state index in [1.165, 1.54) is 6.07 Å². The fourth-order valence-electron chi connectivity index (χ4n) is 1.16. The Labute approximate surface area is 99.3 Å². The smallest absolute Gasteiger partial charge is 0.412 e. The third-order valence-electron chi connectivity index (χ3n) is 1.89. The fraction of sp³-hybridized carbons (Fsp3) is 0.125. The van der Waals surface area contributed by atoms with Crippen molar-refractivity contribution in [2.45, 2.75) is 0 Å². The van der Waals surface area contributed by atoms with Crippen LogP contribution >= 0.6 is 0 Å². The number of hydrogen-bond donors (Lipinski definition) is 1. The first-order chi connectivity index (χ1) is 8.06. The molecule has 18 heavy (non-hydrogen) atoms. The van der Waals surface area contributed by atoms with Crippen LogP contribution in [-0.4, -0.2) is 40.1 Å². The largest absolute Gasteiger partial charge is 0.433 e. The van der Waals surface area contributed by atoms with Gasteiger partial charge in [-0.2, -0.15) is 5.10 Å². The van der Waals surface area contributed by atoms with Crippen molar-refractivity contribution >= 4 is 24.0 Å². The summed E-state index contributed by atoms with van der Waals surface area (Å²) in [7, 11) is 0. The minimum absolute atomic E-state index is 0. The number of imide groups is 1. The summed E-state index contributed by atoms with van der Waals surface area (Å²) < 4.78 is 4.78. The number of rotatable bonds is 3. The number of hydrazone groups is 1. The topological polar surface area (TPSA) is 150 Å². The van der Waals surface area contributed by atoms with Gasteiger partial charge in [0.05, 0.1) is 12.3 Å². The van der Waals surface area contributed by atoms with Crippen LogP contribution in [0.5, 0.6) is 0 Å². The van der Waals surface area contributed by atoms with E-state index in [1.54, 1.807) is 0 Å². The molecule has 0 aliphatic carbocycles. The molecule has 1 fully saturated rings. The minimum atomic E-state index is -0.691. The summed E-state index contributed by atoms with van der Waals surface area (Å²) in [4.78, 5) is 31.5. The minimum Gasteiger partial charge on any atom is -0.412 e. The van der Waals surface area contributed by atoms with E-state index in [2.05, 4.69) is 5.10 Å². The summed E-state index contributed by atoms with van der Waals surface area (Å²) in [6.07, 6.45) is 1.12. The molecule has 3 amide bonds. The molecule has 2 heterocycles. The van der Waals surface area contributed by atoms with Crippen LogP contribution in [0.1, 0.15) is 5.76 Å². The van der Waals surface area contributed by atoms with E-state index in [1.807, 2.05) is 5.32 Å². The molecule has 10 nitrogen and oxygen atoms in total. The lowest BCUT2D eigenvalue weighted by atomic mass is 10.5. The highest BCUT2D eigenvalue weighted by atomic mass is 16.6. The summed E-state index contributed by atoms with van der Waals surface area (Å²) in [6.45, 7) is -0.182. The lowest BCUT2D eigenvalue weighted by Crippen LogP contribution is -2.24. The maximum Gasteiger partial charge on any atom is 0.433 e. The van der Waals surface area contributed by atoms with Crippen LogP contribution < -0.4 is 5.32 Å². The first-order valence-electron chi connectivity index (χ1n) is 4.46. The van der Waals surface area contributed by atoms with Crippen molar-refractivity contribution in [2.75, 3.05) is 6.54 Å². The predicted octanol–water partition coefficient (Wildman–Crippen LogP) is -0.751. The van der Waals surface area contributed by atoms with Crippen molar-refractivity contribution in [3.63, 3.8) is 0 Å². The molecule has 0 unspecified atom stereocenters. The molecule has 0 atom stereocenters. The van der Waals surface area contributed by atoms with E-state index >= 15 is 0 Å². The first-order valence-corrected chi connectivity index (χ1v) is 4.46. The number of hydrogen-bond acceptors (Lipinski definition) is 6. The van der Waals surface area contributed by atoms with E-state index in [4.69, 9.17) is 4.42 Å². The van der Waals surface area contributed by atoms with Crippen LogP contribution in [0, 0.1) is 10.1 Å². The monoisotopic (exact) mass is 256 g/mol. The second-order valence-electron chi connectivity index (χ2n) is 3.09. The van der Waals surface area contributed by atoms with Gasteiger partial charge in [-0.1, -0.05) is 0 Å². The van der Waals surface area contributed by atoms with Gasteiger partial charge >= 0.3 is 11.9 Å². The molecule has 1 aliphatic rings. The second kappa shape index (κ2) is 5.05. The molecule has 0 spiro atoms. The summed E-state index contributed by atoms with van der Waals surface area (Å²) in [5.41, 5.74) is 0. The number of nitro groups is 1. The van der Waals surface area contributed by atoms with Crippen LogP contribution in [-0.2, 0) is 4.79 Å². The number of carbonyl (C=O) groups excluding carboxylic acids is 2. The maximum absolute atomic E-state index is 11.1. The Bertz CT molecular complexity index is 521. The normalized spacial score (nSPS) is 14.8. The number of carbonyl (C=O) groups is 2. The van der Waals surface area contributed by atoms with E-state index in [0.717, 1.165) is 17.3 Å². The molecule has 0 saturated carbocycles. The number of nitrogens with zero attached hydrogens (tertiary/aromatic N) is 3. The Morgan fingerprint density at radius 2 is 2.22 bits per heavy atom. The van der Waals surface area contributed by atoms with Crippen molar-refractivity contribution in [1.82, 2.24) is 10.3 Å². The van der Waals surface area contributed by atoms with Crippen molar-refractivity contribution in [3.8, 4) is 0 Å². The van der Waals surface area contributed by atoms with Crippen LogP contribution in [0.2, 0.25) is 0 Å². The number of amides is 3. The Morgan fingerprint density at radius 3 is 2.72 bits per heavy atom. The average molecular weight is 256 g/mol. The second-order valence-corrected chi connectivity index (χ2v) is 3.09. The highest BCUT2D eigenvalue weighted by Gasteiger charge is 2.26. The van der Waals surface area contributed by atoms with Gasteiger partial charge < -0.3 is 9.89 Å². The number of urea groups is 1. The van der Waals surface area contributed by atoms with Crippen LogP contribution in [0.3, 0.4) is 0 Å². The Balaban J connectivity index is 0.00000162. The van der Waals surface area contributed by atoms with Crippen molar-refractivity contribution in [3.05, 3.63) is 28.0 Å². The number of nitrogens with one attached hydrogen (secondary N) is 1. The standard InChI is InChI=1S/C8H6N4O5.H2O/c13-6-4-11(8(14)10-6)9-3-5-1-2-7(17-5)12(15)16;/h1-3H,4H2,(H,10,13,14);1H2/b9-3+;. The zero-order valence-electron chi connectivity index (χ0n) is 8.82. The summed E-state index contributed by atoms with van der Waals surface area (Å²) >= 11 is 0. The zero-order chi connectivity index (χ0) is 12.4. The molecule has 0 aromatic carbocycles. The van der Waals surface area contributed by atoms with Gasteiger partial charge in [0.1, 0.15) is 11.5 Å². The maximum atomic E-state index is 11.1. The summed E-state index contributed by atoms with van der Waals surface area (Å²) in [6, 6.07) is 1.85. The molecule has 10 heteroatoms. The lowest BCUT2D eigenvalue weighted by molar-refractivity contribution is -0.402. The molecule has 0 bridgehead atoms. The van der Waals surface area contributed by atoms with Gasteiger partial charge in [0.25, 0.3) is 0 Å². The average Bonchev–Trinajstić information content (AvgIpc) is 2.82. The molecular formula is C8H8N4O6. The zero-order valence-corrected chi connectivity index (χ0v) is 8.82. The van der Waals surface area contributed by atoms with E-state index < -0.39 is 22.7 Å². The van der Waals surface area contributed by atoms with Gasteiger partial charge in [0.15, 0.2) is 5.76 Å². The predicted molar refractivity (Wildman–Crippen MR) is 56.8 cm³/mol. The molecule has 1 aromatic heterocycles. The van der Waals surface area contributed by atoms with Crippen molar-refractivity contribution in [1.29, 1.82) is 0 Å². The molecule has 1 saturated heterocycles. The molecule has 96 valence electrons. The van der Waals surface area contributed by atoms with Crippen LogP contribution in [0.4, 0.5) is 10.7 Å². The highest BCUT2D eigenvalue weighted by molar-refractivity contribution is 6.02. The van der Waals surface area contributed by atoms with Gasteiger partial charge in [-0.3, -0.25) is 20.2 Å². The van der Waals surface area contributed by atoms with E-state index in [9.17, 15) is 19.7 Å². The third-order valence-corrected chi connectivity index (χ3v) is 1.89. The fourth-order valence-corrected chi connectivity index (χ4v) is 1.16. The quantitative estimate of drug-likeness (QED) is 0.326.